The van der Waals surface area contributed by atoms with Crippen LogP contribution in [-0.2, 0) is 4.74 Å². The van der Waals surface area contributed by atoms with Crippen LogP contribution in [0.3, 0.4) is 0 Å². The smallest absolute Gasteiger partial charge is 0.410 e. The molecule has 0 aromatic heterocycles. The largest absolute Gasteiger partial charge is 0.496 e. The molecule has 1 saturated heterocycles. The third-order valence-corrected chi connectivity index (χ3v) is 3.21. The summed E-state index contributed by atoms with van der Waals surface area (Å²) in [5.74, 6) is 0.834. The summed E-state index contributed by atoms with van der Waals surface area (Å²) in [6.07, 6.45) is -0.238. The Morgan fingerprint density at radius 2 is 2.26 bits per heavy atom. The maximum absolute atomic E-state index is 11.5. The van der Waals surface area contributed by atoms with Crippen molar-refractivity contribution in [1.29, 1.82) is 0 Å². The molecule has 0 spiro atoms. The minimum absolute atomic E-state index is 0.0480. The van der Waals surface area contributed by atoms with Crippen molar-refractivity contribution in [3.05, 3.63) is 29.8 Å². The molecular weight excluding hydrogens is 244 g/mol. The molecule has 1 fully saturated rings. The first-order valence-corrected chi connectivity index (χ1v) is 6.54. The third-order valence-electron chi connectivity index (χ3n) is 3.21. The average Bonchev–Trinajstić information content (AvgIpc) is 2.84. The first-order chi connectivity index (χ1) is 9.26. The molecular formula is C14H20N2O3. The molecule has 104 valence electrons. The van der Waals surface area contributed by atoms with Crippen LogP contribution in [0.1, 0.15) is 18.5 Å². The Labute approximate surface area is 113 Å². The van der Waals surface area contributed by atoms with Gasteiger partial charge in [0.15, 0.2) is 0 Å². The van der Waals surface area contributed by atoms with Crippen LogP contribution in [0.15, 0.2) is 24.3 Å². The number of nitrogens with zero attached hydrogens (tertiary/aromatic N) is 1. The van der Waals surface area contributed by atoms with E-state index >= 15 is 0 Å². The Kier molecular flexibility index (Phi) is 4.63. The van der Waals surface area contributed by atoms with Crippen molar-refractivity contribution in [3.8, 4) is 5.75 Å². The number of benzene rings is 1. The highest BCUT2D eigenvalue weighted by Crippen LogP contribution is 2.26. The number of cyclic esters (lactones) is 1. The van der Waals surface area contributed by atoms with Crippen LogP contribution in [-0.4, -0.2) is 44.3 Å². The second-order valence-corrected chi connectivity index (χ2v) is 4.41. The molecule has 1 aliphatic rings. The van der Waals surface area contributed by atoms with E-state index in [0.29, 0.717) is 19.7 Å². The fourth-order valence-corrected chi connectivity index (χ4v) is 2.29. The van der Waals surface area contributed by atoms with Gasteiger partial charge in [0, 0.05) is 12.1 Å². The first-order valence-electron chi connectivity index (χ1n) is 6.54. The lowest BCUT2D eigenvalue weighted by Crippen LogP contribution is -2.36. The Hall–Kier alpha value is -1.75. The molecule has 19 heavy (non-hydrogen) atoms. The first kappa shape index (κ1) is 13.7. The molecule has 2 rings (SSSR count). The summed E-state index contributed by atoms with van der Waals surface area (Å²) >= 11 is 0. The third kappa shape index (κ3) is 3.17. The van der Waals surface area contributed by atoms with Gasteiger partial charge >= 0.3 is 6.09 Å². The van der Waals surface area contributed by atoms with E-state index in [1.807, 2.05) is 31.2 Å². The Balaban J connectivity index is 2.16. The number of para-hydroxylation sites is 1. The van der Waals surface area contributed by atoms with Crippen molar-refractivity contribution in [3.63, 3.8) is 0 Å². The number of ether oxygens (including phenoxy) is 2. The molecule has 1 aliphatic heterocycles. The average molecular weight is 264 g/mol. The van der Waals surface area contributed by atoms with Crippen molar-refractivity contribution in [2.45, 2.75) is 13.0 Å². The van der Waals surface area contributed by atoms with Gasteiger partial charge in [0.2, 0.25) is 0 Å². The molecule has 1 heterocycles. The van der Waals surface area contributed by atoms with Gasteiger partial charge in [-0.05, 0) is 12.6 Å². The van der Waals surface area contributed by atoms with E-state index in [0.717, 1.165) is 17.9 Å². The normalized spacial score (nSPS) is 16.3. The number of hydrogen-bond acceptors (Lipinski definition) is 4. The number of carbonyl (C=O) groups excluding carboxylic acids is 1. The minimum atomic E-state index is -0.238. The van der Waals surface area contributed by atoms with Gasteiger partial charge in [-0.15, -0.1) is 0 Å². The second kappa shape index (κ2) is 6.43. The SMILES string of the molecule is CCNC(CN1CCOC1=O)c1ccccc1OC. The number of hydrogen-bond donors (Lipinski definition) is 1. The zero-order valence-electron chi connectivity index (χ0n) is 11.4. The maximum Gasteiger partial charge on any atom is 0.410 e. The molecule has 1 unspecified atom stereocenters. The Morgan fingerprint density at radius 1 is 1.47 bits per heavy atom. The van der Waals surface area contributed by atoms with Crippen molar-refractivity contribution < 1.29 is 14.3 Å². The predicted octanol–water partition coefficient (Wildman–Crippen LogP) is 1.80. The van der Waals surface area contributed by atoms with Gasteiger partial charge in [0.25, 0.3) is 0 Å². The van der Waals surface area contributed by atoms with Crippen LogP contribution in [0.25, 0.3) is 0 Å². The number of methoxy groups -OCH3 is 1. The predicted molar refractivity (Wildman–Crippen MR) is 72.3 cm³/mol. The van der Waals surface area contributed by atoms with Gasteiger partial charge in [0.05, 0.1) is 19.7 Å². The van der Waals surface area contributed by atoms with E-state index in [9.17, 15) is 4.79 Å². The van der Waals surface area contributed by atoms with Gasteiger partial charge in [-0.3, -0.25) is 0 Å². The van der Waals surface area contributed by atoms with Gasteiger partial charge in [-0.1, -0.05) is 25.1 Å². The summed E-state index contributed by atoms with van der Waals surface area (Å²) in [6, 6.07) is 7.92. The topological polar surface area (TPSA) is 50.8 Å². The fraction of sp³-hybridized carbons (Fsp3) is 0.500. The fourth-order valence-electron chi connectivity index (χ4n) is 2.29. The number of likely N-dealkylation sites (N-methyl/N-ethyl adjacent to an activating group) is 1. The van der Waals surface area contributed by atoms with Crippen LogP contribution in [0.2, 0.25) is 0 Å². The highest BCUT2D eigenvalue weighted by Gasteiger charge is 2.26. The zero-order chi connectivity index (χ0) is 13.7. The van der Waals surface area contributed by atoms with Crippen molar-refractivity contribution in [2.24, 2.45) is 0 Å². The maximum atomic E-state index is 11.5. The number of carbonyl (C=O) groups is 1. The lowest BCUT2D eigenvalue weighted by atomic mass is 10.0. The van der Waals surface area contributed by atoms with Crippen LogP contribution < -0.4 is 10.1 Å². The quantitative estimate of drug-likeness (QED) is 0.851. The summed E-state index contributed by atoms with van der Waals surface area (Å²) in [5.41, 5.74) is 1.06. The van der Waals surface area contributed by atoms with E-state index in [1.54, 1.807) is 12.0 Å². The van der Waals surface area contributed by atoms with E-state index in [-0.39, 0.29) is 12.1 Å². The molecule has 0 bridgehead atoms. The molecule has 0 aliphatic carbocycles. The highest BCUT2D eigenvalue weighted by atomic mass is 16.6. The monoisotopic (exact) mass is 264 g/mol. The second-order valence-electron chi connectivity index (χ2n) is 4.41. The molecule has 1 N–H and O–H groups in total. The summed E-state index contributed by atoms with van der Waals surface area (Å²) in [5, 5.41) is 3.39. The van der Waals surface area contributed by atoms with Crippen molar-refractivity contribution in [2.75, 3.05) is 33.4 Å². The zero-order valence-corrected chi connectivity index (χ0v) is 11.4. The van der Waals surface area contributed by atoms with Crippen LogP contribution in [0.5, 0.6) is 5.75 Å². The van der Waals surface area contributed by atoms with Gasteiger partial charge < -0.3 is 19.7 Å². The molecule has 1 atom stereocenters. The number of rotatable bonds is 6. The van der Waals surface area contributed by atoms with Crippen LogP contribution in [0, 0.1) is 0 Å². The minimum Gasteiger partial charge on any atom is -0.496 e. The molecule has 0 radical (unpaired) electrons. The molecule has 5 heteroatoms. The van der Waals surface area contributed by atoms with Gasteiger partial charge in [0.1, 0.15) is 12.4 Å². The van der Waals surface area contributed by atoms with Crippen molar-refractivity contribution >= 4 is 6.09 Å². The summed E-state index contributed by atoms with van der Waals surface area (Å²) in [7, 11) is 1.66. The summed E-state index contributed by atoms with van der Waals surface area (Å²) < 4.78 is 10.4. The summed E-state index contributed by atoms with van der Waals surface area (Å²) in [6.45, 7) is 4.59. The number of nitrogens with one attached hydrogen (secondary N) is 1. The Morgan fingerprint density at radius 3 is 2.89 bits per heavy atom. The van der Waals surface area contributed by atoms with Crippen molar-refractivity contribution in [1.82, 2.24) is 10.2 Å². The van der Waals surface area contributed by atoms with E-state index < -0.39 is 0 Å². The highest BCUT2D eigenvalue weighted by molar-refractivity contribution is 5.69. The van der Waals surface area contributed by atoms with E-state index in [4.69, 9.17) is 9.47 Å². The van der Waals surface area contributed by atoms with Crippen LogP contribution in [0.4, 0.5) is 4.79 Å². The molecule has 0 saturated carbocycles. The standard InChI is InChI=1S/C14H20N2O3/c1-3-15-12(10-16-8-9-19-14(16)17)11-6-4-5-7-13(11)18-2/h4-7,12,15H,3,8-10H2,1-2H3. The molecule has 1 aromatic rings. The molecule has 1 aromatic carbocycles. The van der Waals surface area contributed by atoms with Gasteiger partial charge in [-0.25, -0.2) is 4.79 Å². The molecule has 5 nitrogen and oxygen atoms in total. The van der Waals surface area contributed by atoms with Crippen LogP contribution >= 0.6 is 0 Å². The summed E-state index contributed by atoms with van der Waals surface area (Å²) in [4.78, 5) is 13.3. The lowest BCUT2D eigenvalue weighted by molar-refractivity contribution is 0.155. The Bertz CT molecular complexity index is 436. The lowest BCUT2D eigenvalue weighted by Gasteiger charge is -2.24. The van der Waals surface area contributed by atoms with E-state index in [2.05, 4.69) is 5.32 Å². The number of amides is 1. The van der Waals surface area contributed by atoms with Gasteiger partial charge in [-0.2, -0.15) is 0 Å². The van der Waals surface area contributed by atoms with E-state index in [1.165, 1.54) is 0 Å². The molecule has 1 amide bonds.